The second kappa shape index (κ2) is 11.4. The summed E-state index contributed by atoms with van der Waals surface area (Å²) in [5.74, 6) is 0.647. The molecule has 6 heteroatoms. The Morgan fingerprint density at radius 1 is 1.20 bits per heavy atom. The molecule has 3 N–H and O–H groups in total. The summed E-state index contributed by atoms with van der Waals surface area (Å²) < 4.78 is 0. The molecular formula is C19H33N5O. The van der Waals surface area contributed by atoms with E-state index in [1.807, 2.05) is 0 Å². The number of aliphatic imine (C=N–C) groups is 1. The van der Waals surface area contributed by atoms with Crippen LogP contribution in [0, 0.1) is 5.41 Å². The average molecular weight is 348 g/mol. The summed E-state index contributed by atoms with van der Waals surface area (Å²) in [6.07, 6.45) is 8.20. The highest BCUT2D eigenvalue weighted by atomic mass is 16.1. The summed E-state index contributed by atoms with van der Waals surface area (Å²) in [4.78, 5) is 20.1. The van der Waals surface area contributed by atoms with Gasteiger partial charge in [0.1, 0.15) is 0 Å². The summed E-state index contributed by atoms with van der Waals surface area (Å²) >= 11 is 0. The van der Waals surface area contributed by atoms with E-state index in [1.54, 1.807) is 31.6 Å². The molecule has 0 fully saturated rings. The zero-order chi connectivity index (χ0) is 18.5. The van der Waals surface area contributed by atoms with E-state index < -0.39 is 0 Å². The van der Waals surface area contributed by atoms with E-state index in [0.717, 1.165) is 12.5 Å². The van der Waals surface area contributed by atoms with Gasteiger partial charge >= 0.3 is 0 Å². The molecule has 0 bridgehead atoms. The predicted octanol–water partition coefficient (Wildman–Crippen LogP) is 2.58. The molecule has 1 heterocycles. The first-order valence-corrected chi connectivity index (χ1v) is 9.11. The van der Waals surface area contributed by atoms with E-state index in [1.165, 1.54) is 25.7 Å². The first kappa shape index (κ1) is 20.9. The Kier molecular flexibility index (Phi) is 9.58. The van der Waals surface area contributed by atoms with Gasteiger partial charge in [0, 0.05) is 39.1 Å². The number of nitrogens with one attached hydrogen (secondary N) is 3. The Balaban J connectivity index is 2.25. The van der Waals surface area contributed by atoms with Gasteiger partial charge in [0.05, 0.1) is 5.56 Å². The van der Waals surface area contributed by atoms with Crippen LogP contribution in [-0.2, 0) is 0 Å². The maximum Gasteiger partial charge on any atom is 0.252 e. The Morgan fingerprint density at radius 2 is 1.96 bits per heavy atom. The average Bonchev–Trinajstić information content (AvgIpc) is 2.61. The fourth-order valence-corrected chi connectivity index (χ4v) is 2.44. The molecule has 6 nitrogen and oxygen atoms in total. The van der Waals surface area contributed by atoms with Crippen LogP contribution in [0.4, 0.5) is 0 Å². The number of aromatic nitrogens is 1. The molecule has 1 amide bonds. The van der Waals surface area contributed by atoms with Crippen molar-refractivity contribution in [2.75, 3.05) is 26.7 Å². The van der Waals surface area contributed by atoms with Gasteiger partial charge in [-0.3, -0.25) is 14.8 Å². The van der Waals surface area contributed by atoms with Crippen molar-refractivity contribution >= 4 is 11.9 Å². The number of carbonyl (C=O) groups excluding carboxylic acids is 1. The number of unbranched alkanes of at least 4 members (excludes halogenated alkanes) is 2. The lowest BCUT2D eigenvalue weighted by molar-refractivity contribution is 0.0954. The number of carbonyl (C=O) groups is 1. The first-order chi connectivity index (χ1) is 12.0. The summed E-state index contributed by atoms with van der Waals surface area (Å²) in [7, 11) is 1.76. The minimum absolute atomic E-state index is 0.116. The molecule has 0 unspecified atom stereocenters. The van der Waals surface area contributed by atoms with E-state index in [-0.39, 0.29) is 11.3 Å². The molecule has 0 aliphatic rings. The van der Waals surface area contributed by atoms with Crippen LogP contribution < -0.4 is 16.0 Å². The van der Waals surface area contributed by atoms with Crippen LogP contribution in [0.15, 0.2) is 29.5 Å². The number of hydrogen-bond donors (Lipinski definition) is 3. The molecule has 0 radical (unpaired) electrons. The van der Waals surface area contributed by atoms with E-state index in [9.17, 15) is 4.79 Å². The Bertz CT molecular complexity index is 528. The molecule has 0 saturated heterocycles. The Labute approximate surface area is 151 Å². The molecule has 25 heavy (non-hydrogen) atoms. The van der Waals surface area contributed by atoms with Gasteiger partial charge in [-0.15, -0.1) is 0 Å². The molecule has 1 rings (SSSR count). The maximum absolute atomic E-state index is 11.9. The van der Waals surface area contributed by atoms with Crippen molar-refractivity contribution in [1.82, 2.24) is 20.9 Å². The molecule has 0 saturated carbocycles. The van der Waals surface area contributed by atoms with Crippen LogP contribution >= 0.6 is 0 Å². The van der Waals surface area contributed by atoms with Crippen molar-refractivity contribution < 1.29 is 4.79 Å². The molecule has 140 valence electrons. The highest BCUT2D eigenvalue weighted by molar-refractivity contribution is 5.93. The van der Waals surface area contributed by atoms with Crippen molar-refractivity contribution in [2.45, 2.75) is 46.5 Å². The molecule has 0 aliphatic heterocycles. The van der Waals surface area contributed by atoms with Gasteiger partial charge < -0.3 is 16.0 Å². The van der Waals surface area contributed by atoms with Gasteiger partial charge in [-0.2, -0.15) is 0 Å². The quantitative estimate of drug-likeness (QED) is 0.345. The smallest absolute Gasteiger partial charge is 0.252 e. The Morgan fingerprint density at radius 3 is 2.60 bits per heavy atom. The predicted molar refractivity (Wildman–Crippen MR) is 104 cm³/mol. The summed E-state index contributed by atoms with van der Waals surface area (Å²) in [5.41, 5.74) is 0.806. The van der Waals surface area contributed by atoms with Crippen LogP contribution in [0.2, 0.25) is 0 Å². The summed E-state index contributed by atoms with van der Waals surface area (Å²) in [5, 5.41) is 9.46. The van der Waals surface area contributed by atoms with E-state index >= 15 is 0 Å². The van der Waals surface area contributed by atoms with E-state index in [0.29, 0.717) is 18.7 Å². The van der Waals surface area contributed by atoms with Gasteiger partial charge in [-0.05, 0) is 24.0 Å². The van der Waals surface area contributed by atoms with Crippen LogP contribution in [0.3, 0.4) is 0 Å². The lowest BCUT2D eigenvalue weighted by Gasteiger charge is -2.26. The molecule has 1 aromatic rings. The van der Waals surface area contributed by atoms with Crippen LogP contribution in [-0.4, -0.2) is 43.5 Å². The number of nitrogens with zero attached hydrogens (tertiary/aromatic N) is 2. The molecule has 0 atom stereocenters. The first-order valence-electron chi connectivity index (χ1n) is 9.11. The third kappa shape index (κ3) is 9.08. The fraction of sp³-hybridized carbons (Fsp3) is 0.632. The number of hydrogen-bond acceptors (Lipinski definition) is 3. The van der Waals surface area contributed by atoms with Crippen LogP contribution in [0.25, 0.3) is 0 Å². The molecule has 0 aliphatic carbocycles. The standard InChI is InChI=1S/C19H33N5O/c1-5-6-7-10-19(2,3)15-24-18(20-4)23-13-12-22-17(25)16-9-8-11-21-14-16/h8-9,11,14H,5-7,10,12-13,15H2,1-4H3,(H,22,25)(H2,20,23,24). The van der Waals surface area contributed by atoms with Gasteiger partial charge in [-0.1, -0.05) is 40.0 Å². The monoisotopic (exact) mass is 347 g/mol. The second-order valence-electron chi connectivity index (χ2n) is 6.97. The van der Waals surface area contributed by atoms with Crippen molar-refractivity contribution in [1.29, 1.82) is 0 Å². The normalized spacial score (nSPS) is 11.9. The SMILES string of the molecule is CCCCCC(C)(C)CNC(=NC)NCCNC(=O)c1cccnc1. The van der Waals surface area contributed by atoms with E-state index in [4.69, 9.17) is 0 Å². The van der Waals surface area contributed by atoms with Gasteiger partial charge in [-0.25, -0.2) is 0 Å². The molecule has 0 aromatic carbocycles. The Hall–Kier alpha value is -2.11. The number of amides is 1. The summed E-state index contributed by atoms with van der Waals surface area (Å²) in [6.45, 7) is 8.78. The zero-order valence-electron chi connectivity index (χ0n) is 16.1. The largest absolute Gasteiger partial charge is 0.356 e. The minimum Gasteiger partial charge on any atom is -0.356 e. The lowest BCUT2D eigenvalue weighted by atomic mass is 9.87. The van der Waals surface area contributed by atoms with Crippen molar-refractivity contribution in [3.8, 4) is 0 Å². The number of pyridine rings is 1. The van der Waals surface area contributed by atoms with Gasteiger partial charge in [0.15, 0.2) is 5.96 Å². The highest BCUT2D eigenvalue weighted by Crippen LogP contribution is 2.22. The molecule has 0 spiro atoms. The lowest BCUT2D eigenvalue weighted by Crippen LogP contribution is -2.44. The van der Waals surface area contributed by atoms with Crippen LogP contribution in [0.1, 0.15) is 56.8 Å². The topological polar surface area (TPSA) is 78.4 Å². The van der Waals surface area contributed by atoms with Crippen molar-refractivity contribution in [3.05, 3.63) is 30.1 Å². The van der Waals surface area contributed by atoms with Crippen LogP contribution in [0.5, 0.6) is 0 Å². The summed E-state index contributed by atoms with van der Waals surface area (Å²) in [6, 6.07) is 3.50. The molecular weight excluding hydrogens is 314 g/mol. The third-order valence-corrected chi connectivity index (χ3v) is 4.04. The van der Waals surface area contributed by atoms with Crippen molar-refractivity contribution in [3.63, 3.8) is 0 Å². The van der Waals surface area contributed by atoms with Gasteiger partial charge in [0.2, 0.25) is 0 Å². The second-order valence-corrected chi connectivity index (χ2v) is 6.97. The maximum atomic E-state index is 11.9. The van der Waals surface area contributed by atoms with Gasteiger partial charge in [0.25, 0.3) is 5.91 Å². The highest BCUT2D eigenvalue weighted by Gasteiger charge is 2.17. The molecule has 1 aromatic heterocycles. The minimum atomic E-state index is -0.116. The zero-order valence-corrected chi connectivity index (χ0v) is 16.1. The number of rotatable bonds is 10. The number of guanidine groups is 1. The third-order valence-electron chi connectivity index (χ3n) is 4.04. The van der Waals surface area contributed by atoms with Crippen molar-refractivity contribution in [2.24, 2.45) is 10.4 Å². The fourth-order valence-electron chi connectivity index (χ4n) is 2.44. The van der Waals surface area contributed by atoms with E-state index in [2.05, 4.69) is 46.7 Å².